The van der Waals surface area contributed by atoms with Gasteiger partial charge in [0.1, 0.15) is 0 Å². The molecular weight excluding hydrogens is 127 g/mol. The van der Waals surface area contributed by atoms with Gasteiger partial charge in [0, 0.05) is 0 Å². The van der Waals surface area contributed by atoms with Gasteiger partial charge < -0.3 is 0 Å². The van der Waals surface area contributed by atoms with E-state index >= 15 is 0 Å². The zero-order valence-electron chi connectivity index (χ0n) is 7.74. The van der Waals surface area contributed by atoms with Gasteiger partial charge in [0.2, 0.25) is 0 Å². The number of allylic oxidation sites excluding steroid dienone is 2. The van der Waals surface area contributed by atoms with Gasteiger partial charge in [-0.1, -0.05) is 40.3 Å². The lowest BCUT2D eigenvalue weighted by Gasteiger charge is -1.75. The molecule has 0 saturated carbocycles. The predicted molar refractivity (Wildman–Crippen MR) is 47.8 cm³/mol. The predicted octanol–water partition coefficient (Wildman–Crippen LogP) is 4.10. The van der Waals surface area contributed by atoms with Crippen molar-refractivity contribution in [2.75, 3.05) is 0 Å². The Balaban J connectivity index is -0.000000105. The van der Waals surface area contributed by atoms with Gasteiger partial charge >= 0.3 is 0 Å². The molecule has 1 heteroatoms. The second kappa shape index (κ2) is 23.7. The van der Waals surface area contributed by atoms with Crippen LogP contribution >= 0.6 is 0 Å². The summed E-state index contributed by atoms with van der Waals surface area (Å²) < 4.78 is 11.2. The fourth-order valence-corrected chi connectivity index (χ4v) is 0.0445. The minimum absolute atomic E-state index is 0.521. The van der Waals surface area contributed by atoms with Crippen LogP contribution < -0.4 is 0 Å². The van der Waals surface area contributed by atoms with E-state index in [0.29, 0.717) is 11.9 Å². The van der Waals surface area contributed by atoms with Gasteiger partial charge in [-0.25, -0.2) is 4.39 Å². The molecule has 0 heterocycles. The first-order valence-electron chi connectivity index (χ1n) is 3.70. The molecule has 0 fully saturated rings. The van der Waals surface area contributed by atoms with Crippen molar-refractivity contribution < 1.29 is 4.39 Å². The molecule has 0 aromatic rings. The van der Waals surface area contributed by atoms with Crippen LogP contribution in [0, 0.1) is 0 Å². The lowest BCUT2D eigenvalue weighted by Crippen LogP contribution is -1.55. The Bertz CT molecular complexity index is 72.8. The van der Waals surface area contributed by atoms with Crippen molar-refractivity contribution in [2.24, 2.45) is 0 Å². The first-order valence-corrected chi connectivity index (χ1v) is 3.70. The van der Waals surface area contributed by atoms with Crippen molar-refractivity contribution in [3.63, 3.8) is 0 Å². The first-order chi connectivity index (χ1) is 4.81. The number of hydrogen-bond acceptors (Lipinski definition) is 0. The second-order valence-electron chi connectivity index (χ2n) is 1.06. The van der Waals surface area contributed by atoms with E-state index in [9.17, 15) is 4.39 Å². The van der Waals surface area contributed by atoms with Crippen LogP contribution in [-0.4, -0.2) is 0 Å². The molecule has 0 rings (SSSR count). The Labute approximate surface area is 64.5 Å². The highest BCUT2D eigenvalue weighted by atomic mass is 19.1. The monoisotopic (exact) mass is 146 g/mol. The van der Waals surface area contributed by atoms with Crippen LogP contribution in [-0.2, 0) is 0 Å². The molecule has 0 aromatic heterocycles. The van der Waals surface area contributed by atoms with E-state index in [2.05, 4.69) is 6.58 Å². The van der Waals surface area contributed by atoms with E-state index < -0.39 is 0 Å². The molecule has 0 spiro atoms. The summed E-state index contributed by atoms with van der Waals surface area (Å²) in [6.45, 7) is 13.0. The highest BCUT2D eigenvalue weighted by molar-refractivity contribution is 5.08. The number of hydrogen-bond donors (Lipinski definition) is 0. The molecule has 0 radical (unpaired) electrons. The van der Waals surface area contributed by atoms with Crippen molar-refractivity contribution in [3.05, 3.63) is 24.6 Å². The molecule has 0 aliphatic rings. The van der Waals surface area contributed by atoms with Crippen LogP contribution in [0.2, 0.25) is 0 Å². The average Bonchev–Trinajstić information content (AvgIpc) is 2.10. The molecule has 0 atom stereocenters. The van der Waals surface area contributed by atoms with Crippen LogP contribution in [0.25, 0.3) is 0 Å². The molecule has 10 heavy (non-hydrogen) atoms. The van der Waals surface area contributed by atoms with E-state index in [1.54, 1.807) is 6.92 Å². The lowest BCUT2D eigenvalue weighted by molar-refractivity contribution is 0.713. The van der Waals surface area contributed by atoms with Crippen LogP contribution in [0.15, 0.2) is 24.6 Å². The number of rotatable bonds is 1. The van der Waals surface area contributed by atoms with Crippen molar-refractivity contribution >= 4 is 0 Å². The zero-order chi connectivity index (χ0) is 8.99. The minimum Gasteiger partial charge on any atom is -0.215 e. The Kier molecular flexibility index (Phi) is 38.5. The van der Waals surface area contributed by atoms with Crippen LogP contribution in [0.3, 0.4) is 0 Å². The summed E-state index contributed by atoms with van der Waals surface area (Å²) in [5, 5.41) is 0. The summed E-state index contributed by atoms with van der Waals surface area (Å²) in [6, 6.07) is 0. The molecular formula is C9H19F. The van der Waals surface area contributed by atoms with Gasteiger partial charge in [0.15, 0.2) is 0 Å². The van der Waals surface area contributed by atoms with Gasteiger partial charge in [-0.3, -0.25) is 0 Å². The second-order valence-corrected chi connectivity index (χ2v) is 1.06. The van der Waals surface area contributed by atoms with Gasteiger partial charge in [0.25, 0.3) is 0 Å². The topological polar surface area (TPSA) is 0 Å². The summed E-state index contributed by atoms with van der Waals surface area (Å²) in [5.74, 6) is 0. The maximum absolute atomic E-state index is 11.2. The lowest BCUT2D eigenvalue weighted by atomic mass is 10.4. The largest absolute Gasteiger partial charge is 0.215 e. The fourth-order valence-electron chi connectivity index (χ4n) is 0.0445. The van der Waals surface area contributed by atoms with E-state index in [1.165, 1.54) is 6.08 Å². The highest BCUT2D eigenvalue weighted by Crippen LogP contribution is 1.89. The molecule has 0 aliphatic carbocycles. The third-order valence-corrected chi connectivity index (χ3v) is 0.494. The van der Waals surface area contributed by atoms with Crippen LogP contribution in [0.5, 0.6) is 0 Å². The van der Waals surface area contributed by atoms with E-state index in [0.717, 1.165) is 0 Å². The molecule has 0 nitrogen and oxygen atoms in total. The third-order valence-electron chi connectivity index (χ3n) is 0.494. The van der Waals surface area contributed by atoms with Crippen LogP contribution in [0.4, 0.5) is 4.39 Å². The molecule has 0 aliphatic heterocycles. The summed E-state index contributed by atoms with van der Waals surface area (Å²) in [7, 11) is 0. The summed E-state index contributed by atoms with van der Waals surface area (Å²) in [4.78, 5) is 0. The molecule has 0 amide bonds. The van der Waals surface area contributed by atoms with Crippen LogP contribution in [0.1, 0.15) is 34.6 Å². The SMILES string of the molecule is C=C/C(C)=C\F.CC.CC. The van der Waals surface area contributed by atoms with Crippen molar-refractivity contribution in [3.8, 4) is 0 Å². The molecule has 0 saturated heterocycles. The Morgan fingerprint density at radius 1 is 1.20 bits per heavy atom. The van der Waals surface area contributed by atoms with Crippen molar-refractivity contribution in [1.29, 1.82) is 0 Å². The molecule has 0 unspecified atom stereocenters. The standard InChI is InChI=1S/C5H7F.2C2H6/c1-3-5(2)4-6;2*1-2/h3-4H,1H2,2H3;2*1-2H3/b5-4-;;. The normalized spacial score (nSPS) is 8.00. The zero-order valence-corrected chi connectivity index (χ0v) is 7.74. The van der Waals surface area contributed by atoms with E-state index in [4.69, 9.17) is 0 Å². The minimum atomic E-state index is 0.521. The summed E-state index contributed by atoms with van der Waals surface area (Å²) >= 11 is 0. The molecule has 0 bridgehead atoms. The Hall–Kier alpha value is -0.590. The Morgan fingerprint density at radius 3 is 1.50 bits per heavy atom. The third kappa shape index (κ3) is 26.2. The smallest absolute Gasteiger partial charge is 0.0895 e. The van der Waals surface area contributed by atoms with Gasteiger partial charge in [0.05, 0.1) is 6.33 Å². The molecule has 62 valence electrons. The van der Waals surface area contributed by atoms with Gasteiger partial charge in [-0.05, 0) is 12.5 Å². The van der Waals surface area contributed by atoms with E-state index in [-0.39, 0.29) is 0 Å². The van der Waals surface area contributed by atoms with E-state index in [1.807, 2.05) is 27.7 Å². The van der Waals surface area contributed by atoms with Crippen molar-refractivity contribution in [2.45, 2.75) is 34.6 Å². The Morgan fingerprint density at radius 2 is 1.50 bits per heavy atom. The van der Waals surface area contributed by atoms with Crippen molar-refractivity contribution in [1.82, 2.24) is 0 Å². The fraction of sp³-hybridized carbons (Fsp3) is 0.556. The average molecular weight is 146 g/mol. The van der Waals surface area contributed by atoms with Gasteiger partial charge in [-0.15, -0.1) is 0 Å². The first kappa shape index (κ1) is 16.2. The molecule has 0 N–H and O–H groups in total. The summed E-state index contributed by atoms with van der Waals surface area (Å²) in [6.07, 6.45) is 1.98. The number of halogens is 1. The molecule has 0 aromatic carbocycles. The summed E-state index contributed by atoms with van der Waals surface area (Å²) in [5.41, 5.74) is 0.565. The van der Waals surface area contributed by atoms with Gasteiger partial charge in [-0.2, -0.15) is 0 Å². The highest BCUT2D eigenvalue weighted by Gasteiger charge is 1.70. The quantitative estimate of drug-likeness (QED) is 0.488. The maximum atomic E-state index is 11.2. The maximum Gasteiger partial charge on any atom is 0.0895 e.